The summed E-state index contributed by atoms with van der Waals surface area (Å²) in [5.74, 6) is -1.37. The first-order valence-corrected chi connectivity index (χ1v) is 9.29. The van der Waals surface area contributed by atoms with Gasteiger partial charge in [-0.3, -0.25) is 9.59 Å². The van der Waals surface area contributed by atoms with Gasteiger partial charge in [0.2, 0.25) is 12.0 Å². The molecule has 0 bridgehead atoms. The predicted molar refractivity (Wildman–Crippen MR) is 97.6 cm³/mol. The quantitative estimate of drug-likeness (QED) is 0.441. The first-order chi connectivity index (χ1) is 12.2. The van der Waals surface area contributed by atoms with Crippen molar-refractivity contribution in [3.63, 3.8) is 0 Å². The van der Waals surface area contributed by atoms with E-state index in [1.807, 2.05) is 6.92 Å². The minimum atomic E-state index is -4.08. The Balaban J connectivity index is 2.52. The molecule has 7 heteroatoms. The van der Waals surface area contributed by atoms with Crippen molar-refractivity contribution in [2.24, 2.45) is 4.40 Å². The maximum absolute atomic E-state index is 12.6. The van der Waals surface area contributed by atoms with Crippen LogP contribution in [0.25, 0.3) is 0 Å². The van der Waals surface area contributed by atoms with Crippen LogP contribution in [0.5, 0.6) is 0 Å². The van der Waals surface area contributed by atoms with Crippen LogP contribution in [0.15, 0.2) is 63.9 Å². The van der Waals surface area contributed by atoms with E-state index in [9.17, 15) is 18.0 Å². The number of sulfonamides is 1. The lowest BCUT2D eigenvalue weighted by molar-refractivity contribution is -0.134. The summed E-state index contributed by atoms with van der Waals surface area (Å²) in [4.78, 5) is 23.3. The molecule has 6 nitrogen and oxygen atoms in total. The number of hydrogen-bond donors (Lipinski definition) is 0. The molecule has 0 heterocycles. The molecule has 0 saturated carbocycles. The van der Waals surface area contributed by atoms with E-state index in [0.29, 0.717) is 5.56 Å². The van der Waals surface area contributed by atoms with Gasteiger partial charge in [-0.15, -0.1) is 4.40 Å². The Bertz CT molecular complexity index is 918. The maximum atomic E-state index is 12.6. The summed E-state index contributed by atoms with van der Waals surface area (Å²) in [6, 6.07) is 14.4. The number of carbonyl (C=O) groups excluding carboxylic acids is 2. The second-order valence-corrected chi connectivity index (χ2v) is 7.37. The van der Waals surface area contributed by atoms with E-state index >= 15 is 0 Å². The summed E-state index contributed by atoms with van der Waals surface area (Å²) in [6.45, 7) is 4.23. The number of benzene rings is 2. The third-order valence-electron chi connectivity index (χ3n) is 3.51. The zero-order valence-electron chi connectivity index (χ0n) is 14.7. The van der Waals surface area contributed by atoms with Crippen molar-refractivity contribution in [2.45, 2.75) is 31.8 Å². The Labute approximate surface area is 152 Å². The largest absolute Gasteiger partial charge is 0.457 e. The number of hydrogen-bond acceptors (Lipinski definition) is 5. The number of aryl methyl sites for hydroxylation is 1. The fraction of sp³-hybridized carbons (Fsp3) is 0.211. The van der Waals surface area contributed by atoms with E-state index in [4.69, 9.17) is 4.74 Å². The summed E-state index contributed by atoms with van der Waals surface area (Å²) >= 11 is 0. The molecule has 0 aromatic heterocycles. The molecular formula is C19H19NO5S. The topological polar surface area (TPSA) is 89.9 Å². The van der Waals surface area contributed by atoms with Gasteiger partial charge in [-0.2, -0.15) is 8.42 Å². The number of nitrogens with zero attached hydrogens (tertiary/aromatic N) is 1. The van der Waals surface area contributed by atoms with E-state index in [1.54, 1.807) is 42.5 Å². The second-order valence-electron chi connectivity index (χ2n) is 5.77. The van der Waals surface area contributed by atoms with Crippen LogP contribution in [-0.4, -0.2) is 32.0 Å². The molecule has 0 unspecified atom stereocenters. The van der Waals surface area contributed by atoms with Crippen LogP contribution in [0.3, 0.4) is 0 Å². The zero-order valence-corrected chi connectivity index (χ0v) is 15.5. The highest BCUT2D eigenvalue weighted by Gasteiger charge is 2.25. The molecule has 0 N–H and O–H groups in total. The molecule has 0 aliphatic carbocycles. The monoisotopic (exact) mass is 373 g/mol. The number of ketones is 2. The van der Waals surface area contributed by atoms with Crippen LogP contribution >= 0.6 is 0 Å². The van der Waals surface area contributed by atoms with Crippen molar-refractivity contribution in [1.29, 1.82) is 0 Å². The van der Waals surface area contributed by atoms with Gasteiger partial charge in [-0.05, 0) is 45.0 Å². The van der Waals surface area contributed by atoms with Crippen LogP contribution in [0.4, 0.5) is 0 Å². The van der Waals surface area contributed by atoms with Crippen molar-refractivity contribution >= 4 is 27.5 Å². The minimum absolute atomic E-state index is 0.0117. The highest BCUT2D eigenvalue weighted by molar-refractivity contribution is 7.90. The summed E-state index contributed by atoms with van der Waals surface area (Å²) in [6.07, 6.45) is -1.41. The van der Waals surface area contributed by atoms with Crippen molar-refractivity contribution in [3.05, 3.63) is 65.7 Å². The Hall–Kier alpha value is -2.80. The number of carbonyl (C=O) groups is 2. The van der Waals surface area contributed by atoms with Gasteiger partial charge in [0.25, 0.3) is 10.0 Å². The van der Waals surface area contributed by atoms with Crippen LogP contribution in [0.2, 0.25) is 0 Å². The minimum Gasteiger partial charge on any atom is -0.457 e. The van der Waals surface area contributed by atoms with E-state index < -0.39 is 27.7 Å². The lowest BCUT2D eigenvalue weighted by Gasteiger charge is -2.15. The van der Waals surface area contributed by atoms with Crippen LogP contribution in [-0.2, 0) is 24.3 Å². The average molecular weight is 373 g/mol. The third-order valence-corrected chi connectivity index (χ3v) is 4.78. The SMILES string of the molecule is CC(=O)C(O/C(=N/S(=O)(=O)c1ccc(C)cc1)c1ccccc1)C(C)=O. The smallest absolute Gasteiger partial charge is 0.285 e. The molecule has 0 radical (unpaired) electrons. The first-order valence-electron chi connectivity index (χ1n) is 7.85. The molecule has 2 rings (SSSR count). The zero-order chi connectivity index (χ0) is 19.3. The Morgan fingerprint density at radius 1 is 0.923 bits per heavy atom. The van der Waals surface area contributed by atoms with Gasteiger partial charge in [-0.1, -0.05) is 35.9 Å². The highest BCUT2D eigenvalue weighted by Crippen LogP contribution is 2.16. The van der Waals surface area contributed by atoms with Crippen molar-refractivity contribution in [3.8, 4) is 0 Å². The third kappa shape index (κ3) is 4.86. The number of rotatable bonds is 6. The van der Waals surface area contributed by atoms with Crippen molar-refractivity contribution in [1.82, 2.24) is 0 Å². The Kier molecular flexibility index (Phi) is 6.05. The van der Waals surface area contributed by atoms with Crippen LogP contribution in [0, 0.1) is 6.92 Å². The molecule has 0 aliphatic heterocycles. The van der Waals surface area contributed by atoms with Crippen molar-refractivity contribution in [2.75, 3.05) is 0 Å². The van der Waals surface area contributed by atoms with Crippen molar-refractivity contribution < 1.29 is 22.7 Å². The van der Waals surface area contributed by atoms with Gasteiger partial charge in [0.15, 0.2) is 11.6 Å². The Morgan fingerprint density at radius 3 is 1.96 bits per heavy atom. The molecule has 2 aromatic rings. The highest BCUT2D eigenvalue weighted by atomic mass is 32.2. The maximum Gasteiger partial charge on any atom is 0.285 e. The molecule has 0 atom stereocenters. The molecule has 0 fully saturated rings. The van der Waals surface area contributed by atoms with E-state index in [-0.39, 0.29) is 10.8 Å². The standard InChI is InChI=1S/C19H19NO5S/c1-13-9-11-17(12-10-13)26(23,24)20-19(16-7-5-4-6-8-16)25-18(14(2)21)15(3)22/h4-12,18H,1-3H3/b20-19+. The predicted octanol–water partition coefficient (Wildman–Crippen LogP) is 2.69. The van der Waals surface area contributed by atoms with E-state index in [1.165, 1.54) is 26.0 Å². The molecule has 0 saturated heterocycles. The first kappa shape index (κ1) is 19.5. The fourth-order valence-electron chi connectivity index (χ4n) is 2.16. The van der Waals surface area contributed by atoms with Gasteiger partial charge < -0.3 is 4.74 Å². The molecule has 26 heavy (non-hydrogen) atoms. The molecule has 2 aromatic carbocycles. The summed E-state index contributed by atoms with van der Waals surface area (Å²) < 4.78 is 34.4. The number of ether oxygens (including phenoxy) is 1. The summed E-state index contributed by atoms with van der Waals surface area (Å²) in [5, 5.41) is 0. The summed E-state index contributed by atoms with van der Waals surface area (Å²) in [5.41, 5.74) is 1.25. The normalized spacial score (nSPS) is 12.1. The molecular weight excluding hydrogens is 354 g/mol. The van der Waals surface area contributed by atoms with E-state index in [0.717, 1.165) is 5.56 Å². The molecule has 0 aliphatic rings. The van der Waals surface area contributed by atoms with Crippen LogP contribution in [0.1, 0.15) is 25.0 Å². The molecule has 136 valence electrons. The average Bonchev–Trinajstić information content (AvgIpc) is 2.59. The lowest BCUT2D eigenvalue weighted by atomic mass is 10.1. The fourth-order valence-corrected chi connectivity index (χ4v) is 3.11. The summed E-state index contributed by atoms with van der Waals surface area (Å²) in [7, 11) is -4.08. The van der Waals surface area contributed by atoms with E-state index in [2.05, 4.69) is 4.40 Å². The molecule has 0 spiro atoms. The number of Topliss-reactive ketones (excluding diaryl/α,β-unsaturated/α-hetero) is 2. The van der Waals surface area contributed by atoms with Gasteiger partial charge in [-0.25, -0.2) is 0 Å². The van der Waals surface area contributed by atoms with Gasteiger partial charge in [0.1, 0.15) is 0 Å². The van der Waals surface area contributed by atoms with Gasteiger partial charge in [0.05, 0.1) is 4.90 Å². The second kappa shape index (κ2) is 8.05. The van der Waals surface area contributed by atoms with Gasteiger partial charge >= 0.3 is 0 Å². The van der Waals surface area contributed by atoms with Crippen LogP contribution < -0.4 is 0 Å². The lowest BCUT2D eigenvalue weighted by Crippen LogP contribution is -2.32. The molecule has 0 amide bonds. The van der Waals surface area contributed by atoms with Gasteiger partial charge in [0, 0.05) is 5.56 Å². The Morgan fingerprint density at radius 2 is 1.46 bits per heavy atom.